The highest BCUT2D eigenvalue weighted by atomic mass is 79.9. The van der Waals surface area contributed by atoms with Crippen molar-refractivity contribution in [3.8, 4) is 0 Å². The van der Waals surface area contributed by atoms with Gasteiger partial charge in [-0.15, -0.1) is 0 Å². The van der Waals surface area contributed by atoms with E-state index in [4.69, 9.17) is 5.11 Å². The third-order valence-electron chi connectivity index (χ3n) is 2.82. The standard InChI is InChI=1S/C14H12BrNO3S/c1-9-3-2-6-16-13(9)8-20(19)10-4-5-12(15)11(7-10)14(17)18/h2-7H,8H2,1H3,(H,17,18). The monoisotopic (exact) mass is 353 g/mol. The smallest absolute Gasteiger partial charge is 0.336 e. The minimum Gasteiger partial charge on any atom is -0.478 e. The number of carboxylic acids is 1. The molecule has 1 unspecified atom stereocenters. The Hall–Kier alpha value is -1.53. The van der Waals surface area contributed by atoms with E-state index in [9.17, 15) is 9.00 Å². The predicted octanol–water partition coefficient (Wildman–Crippen LogP) is 3.16. The van der Waals surface area contributed by atoms with Crippen LogP contribution in [0.3, 0.4) is 0 Å². The maximum atomic E-state index is 12.3. The molecule has 1 N–H and O–H groups in total. The first kappa shape index (κ1) is 14.9. The van der Waals surface area contributed by atoms with Gasteiger partial charge in [0.05, 0.1) is 27.8 Å². The van der Waals surface area contributed by atoms with Gasteiger partial charge < -0.3 is 5.11 Å². The van der Waals surface area contributed by atoms with E-state index in [-0.39, 0.29) is 11.3 Å². The second-order valence-corrected chi connectivity index (χ2v) is 6.51. The summed E-state index contributed by atoms with van der Waals surface area (Å²) in [5.41, 5.74) is 1.83. The van der Waals surface area contributed by atoms with Gasteiger partial charge in [-0.2, -0.15) is 0 Å². The van der Waals surface area contributed by atoms with Gasteiger partial charge in [0.15, 0.2) is 0 Å². The number of halogens is 1. The second kappa shape index (κ2) is 6.28. The molecule has 0 spiro atoms. The van der Waals surface area contributed by atoms with Gasteiger partial charge in [-0.3, -0.25) is 9.19 Å². The van der Waals surface area contributed by atoms with Crippen LogP contribution < -0.4 is 0 Å². The SMILES string of the molecule is Cc1cccnc1CS(=O)c1ccc(Br)c(C(=O)O)c1. The summed E-state index contributed by atoms with van der Waals surface area (Å²) in [5, 5.41) is 9.06. The van der Waals surface area contributed by atoms with Crippen LogP contribution in [0.2, 0.25) is 0 Å². The number of rotatable bonds is 4. The number of aryl methyl sites for hydroxylation is 1. The lowest BCUT2D eigenvalue weighted by Gasteiger charge is -2.06. The summed E-state index contributed by atoms with van der Waals surface area (Å²) in [5.74, 6) is -0.780. The molecule has 1 aromatic heterocycles. The zero-order valence-corrected chi connectivity index (χ0v) is 13.1. The zero-order chi connectivity index (χ0) is 14.7. The molecular formula is C14H12BrNO3S. The lowest BCUT2D eigenvalue weighted by Crippen LogP contribution is -2.04. The first-order valence-electron chi connectivity index (χ1n) is 5.80. The van der Waals surface area contributed by atoms with Crippen molar-refractivity contribution in [2.75, 3.05) is 0 Å². The van der Waals surface area contributed by atoms with E-state index in [1.54, 1.807) is 18.3 Å². The average molecular weight is 354 g/mol. The fourth-order valence-electron chi connectivity index (χ4n) is 1.69. The third kappa shape index (κ3) is 3.32. The average Bonchev–Trinajstić information content (AvgIpc) is 2.41. The van der Waals surface area contributed by atoms with Crippen LogP contribution in [0.5, 0.6) is 0 Å². The molecule has 0 saturated carbocycles. The van der Waals surface area contributed by atoms with Crippen molar-refractivity contribution < 1.29 is 14.1 Å². The van der Waals surface area contributed by atoms with E-state index >= 15 is 0 Å². The number of aromatic nitrogens is 1. The van der Waals surface area contributed by atoms with E-state index in [0.717, 1.165) is 11.3 Å². The molecule has 0 aliphatic heterocycles. The molecule has 0 radical (unpaired) electrons. The molecule has 0 fully saturated rings. The van der Waals surface area contributed by atoms with E-state index in [1.807, 2.05) is 19.1 Å². The summed E-state index contributed by atoms with van der Waals surface area (Å²) in [6.07, 6.45) is 1.66. The van der Waals surface area contributed by atoms with Gasteiger partial charge in [0, 0.05) is 15.6 Å². The Morgan fingerprint density at radius 3 is 2.80 bits per heavy atom. The Labute approximate surface area is 127 Å². The Morgan fingerprint density at radius 2 is 2.15 bits per heavy atom. The number of benzene rings is 1. The van der Waals surface area contributed by atoms with Gasteiger partial charge in [-0.05, 0) is 52.7 Å². The number of aromatic carboxylic acids is 1. The molecule has 1 atom stereocenters. The molecule has 104 valence electrons. The molecule has 2 rings (SSSR count). The van der Waals surface area contributed by atoms with Gasteiger partial charge in [-0.1, -0.05) is 6.07 Å². The van der Waals surface area contributed by atoms with Crippen molar-refractivity contribution in [1.29, 1.82) is 0 Å². The lowest BCUT2D eigenvalue weighted by molar-refractivity contribution is 0.0695. The highest BCUT2D eigenvalue weighted by molar-refractivity contribution is 9.10. The molecule has 0 saturated heterocycles. The van der Waals surface area contributed by atoms with Crippen molar-refractivity contribution in [2.24, 2.45) is 0 Å². The van der Waals surface area contributed by atoms with E-state index < -0.39 is 16.8 Å². The first-order chi connectivity index (χ1) is 9.49. The maximum Gasteiger partial charge on any atom is 0.336 e. The Kier molecular flexibility index (Phi) is 4.67. The normalized spacial score (nSPS) is 12.1. The van der Waals surface area contributed by atoms with Crippen LogP contribution in [-0.2, 0) is 16.6 Å². The summed E-state index contributed by atoms with van der Waals surface area (Å²) >= 11 is 3.17. The van der Waals surface area contributed by atoms with Crippen molar-refractivity contribution in [3.05, 3.63) is 57.8 Å². The predicted molar refractivity (Wildman–Crippen MR) is 80.2 cm³/mol. The van der Waals surface area contributed by atoms with Crippen molar-refractivity contribution in [2.45, 2.75) is 17.6 Å². The number of hydrogen-bond acceptors (Lipinski definition) is 3. The maximum absolute atomic E-state index is 12.3. The molecule has 6 heteroatoms. The van der Waals surface area contributed by atoms with Gasteiger partial charge in [0.25, 0.3) is 0 Å². The van der Waals surface area contributed by atoms with Crippen molar-refractivity contribution in [3.63, 3.8) is 0 Å². The van der Waals surface area contributed by atoms with Crippen LogP contribution in [-0.4, -0.2) is 20.3 Å². The van der Waals surface area contributed by atoms with Crippen LogP contribution in [0.25, 0.3) is 0 Å². The molecule has 0 aliphatic rings. The van der Waals surface area contributed by atoms with Crippen LogP contribution in [0, 0.1) is 6.92 Å². The molecule has 1 heterocycles. The summed E-state index contributed by atoms with van der Waals surface area (Å²) < 4.78 is 12.8. The summed E-state index contributed by atoms with van der Waals surface area (Å²) in [4.78, 5) is 15.8. The van der Waals surface area contributed by atoms with E-state index in [2.05, 4.69) is 20.9 Å². The quantitative estimate of drug-likeness (QED) is 0.916. The summed E-state index contributed by atoms with van der Waals surface area (Å²) in [6, 6.07) is 8.42. The molecule has 20 heavy (non-hydrogen) atoms. The number of hydrogen-bond donors (Lipinski definition) is 1. The largest absolute Gasteiger partial charge is 0.478 e. The first-order valence-corrected chi connectivity index (χ1v) is 7.92. The van der Waals surface area contributed by atoms with Crippen LogP contribution in [0.15, 0.2) is 45.9 Å². The number of carbonyl (C=O) groups is 1. The fraction of sp³-hybridized carbons (Fsp3) is 0.143. The van der Waals surface area contributed by atoms with Crippen LogP contribution >= 0.6 is 15.9 Å². The summed E-state index contributed by atoms with van der Waals surface area (Å²) in [6.45, 7) is 1.91. The molecular weight excluding hydrogens is 342 g/mol. The van der Waals surface area contributed by atoms with Gasteiger partial charge in [0.2, 0.25) is 0 Å². The number of carboxylic acid groups (broad SMARTS) is 1. The van der Waals surface area contributed by atoms with Gasteiger partial charge in [-0.25, -0.2) is 4.79 Å². The van der Waals surface area contributed by atoms with Gasteiger partial charge in [0.1, 0.15) is 0 Å². The minimum absolute atomic E-state index is 0.105. The molecule has 0 amide bonds. The highest BCUT2D eigenvalue weighted by Gasteiger charge is 2.13. The molecule has 2 aromatic rings. The summed E-state index contributed by atoms with van der Waals surface area (Å²) in [7, 11) is -1.33. The molecule has 0 bridgehead atoms. The topological polar surface area (TPSA) is 67.3 Å². The van der Waals surface area contributed by atoms with E-state index in [1.165, 1.54) is 6.07 Å². The minimum atomic E-state index is -1.33. The fourth-order valence-corrected chi connectivity index (χ4v) is 3.29. The number of nitrogens with zero attached hydrogens (tertiary/aromatic N) is 1. The Balaban J connectivity index is 2.28. The number of pyridine rings is 1. The Bertz CT molecular complexity index is 688. The van der Waals surface area contributed by atoms with Crippen molar-refractivity contribution in [1.82, 2.24) is 4.98 Å². The molecule has 0 aliphatic carbocycles. The highest BCUT2D eigenvalue weighted by Crippen LogP contribution is 2.21. The Morgan fingerprint density at radius 1 is 1.40 bits per heavy atom. The zero-order valence-electron chi connectivity index (χ0n) is 10.7. The van der Waals surface area contributed by atoms with Crippen molar-refractivity contribution >= 4 is 32.7 Å². The third-order valence-corrected chi connectivity index (χ3v) is 4.82. The lowest BCUT2D eigenvalue weighted by atomic mass is 10.2. The van der Waals surface area contributed by atoms with Crippen LogP contribution in [0.4, 0.5) is 0 Å². The molecule has 1 aromatic carbocycles. The second-order valence-electron chi connectivity index (χ2n) is 4.20. The molecule has 4 nitrogen and oxygen atoms in total. The van der Waals surface area contributed by atoms with Gasteiger partial charge >= 0.3 is 5.97 Å². The van der Waals surface area contributed by atoms with Crippen LogP contribution in [0.1, 0.15) is 21.6 Å². The van der Waals surface area contributed by atoms with E-state index in [0.29, 0.717) is 9.37 Å².